The fourth-order valence-electron chi connectivity index (χ4n) is 4.06. The fraction of sp³-hybridized carbons (Fsp3) is 0.148. The number of anilines is 2. The number of rotatable bonds is 8. The molecule has 2 heterocycles. The molecular weight excluding hydrogens is 511 g/mol. The van der Waals surface area contributed by atoms with Crippen molar-refractivity contribution in [2.75, 3.05) is 31.8 Å². The van der Waals surface area contributed by atoms with Crippen LogP contribution in [0.5, 0.6) is 11.5 Å². The number of nitrogens with one attached hydrogen (secondary N) is 1. The number of nitrogen functional groups attached to an aromatic ring is 1. The van der Waals surface area contributed by atoms with Gasteiger partial charge in [-0.25, -0.2) is 9.67 Å². The lowest BCUT2D eigenvalue weighted by molar-refractivity contribution is 0.355. The molecule has 3 aromatic carbocycles. The zero-order valence-corrected chi connectivity index (χ0v) is 21.7. The Morgan fingerprint density at radius 3 is 2.41 bits per heavy atom. The smallest absolute Gasteiger partial charge is 0.225 e. The van der Waals surface area contributed by atoms with Crippen LogP contribution in [0, 0.1) is 0 Å². The molecule has 188 valence electrons. The largest absolute Gasteiger partial charge is 0.493 e. The highest BCUT2D eigenvalue weighted by molar-refractivity contribution is 6.42. The van der Waals surface area contributed by atoms with E-state index < -0.39 is 0 Å². The van der Waals surface area contributed by atoms with E-state index >= 15 is 0 Å². The number of ether oxygens (including phenoxy) is 2. The zero-order valence-electron chi connectivity index (χ0n) is 20.2. The summed E-state index contributed by atoms with van der Waals surface area (Å²) < 4.78 is 12.5. The monoisotopic (exact) mass is 534 g/mol. The van der Waals surface area contributed by atoms with Crippen molar-refractivity contribution in [3.63, 3.8) is 0 Å². The van der Waals surface area contributed by atoms with Gasteiger partial charge in [-0.1, -0.05) is 53.5 Å². The third-order valence-electron chi connectivity index (χ3n) is 5.91. The summed E-state index contributed by atoms with van der Waals surface area (Å²) in [5, 5.41) is 9.45. The Bertz CT molecular complexity index is 1570. The lowest BCUT2D eigenvalue weighted by Gasteiger charge is -2.12. The quantitative estimate of drug-likeness (QED) is 0.250. The maximum atomic E-state index is 6.62. The molecule has 0 aliphatic rings. The van der Waals surface area contributed by atoms with E-state index in [4.69, 9.17) is 43.4 Å². The molecular formula is C27H24Cl2N6O2. The second-order valence-electron chi connectivity index (χ2n) is 8.22. The first-order chi connectivity index (χ1) is 18.0. The van der Waals surface area contributed by atoms with Crippen LogP contribution < -0.4 is 20.5 Å². The van der Waals surface area contributed by atoms with Crippen molar-refractivity contribution in [2.45, 2.75) is 6.42 Å². The normalized spacial score (nSPS) is 11.0. The Labute approximate surface area is 224 Å². The molecule has 8 nitrogen and oxygen atoms in total. The summed E-state index contributed by atoms with van der Waals surface area (Å²) in [5.41, 5.74) is 10.3. The molecule has 37 heavy (non-hydrogen) atoms. The van der Waals surface area contributed by atoms with E-state index in [0.29, 0.717) is 62.3 Å². The number of hydrogen-bond donors (Lipinski definition) is 2. The predicted molar refractivity (Wildman–Crippen MR) is 148 cm³/mol. The standard InChI is InChI=1S/C27H24Cl2N6O2/c1-36-21-11-8-17(14-22(21)37-2)24-23-25(30)35(18-9-10-19(28)20(29)15-18)34-26(23)33-27(32-24)31-13-12-16-6-4-3-5-7-16/h3-11,14-15H,12-13,30H2,1-2H3,(H,31,33,34). The molecule has 3 N–H and O–H groups in total. The highest BCUT2D eigenvalue weighted by atomic mass is 35.5. The topological polar surface area (TPSA) is 100 Å². The van der Waals surface area contributed by atoms with Crippen molar-refractivity contribution >= 4 is 46.0 Å². The van der Waals surface area contributed by atoms with Crippen molar-refractivity contribution in [1.82, 2.24) is 19.7 Å². The number of methoxy groups -OCH3 is 2. The van der Waals surface area contributed by atoms with Gasteiger partial charge in [-0.3, -0.25) is 0 Å². The fourth-order valence-corrected chi connectivity index (χ4v) is 4.35. The van der Waals surface area contributed by atoms with Crippen molar-refractivity contribution in [2.24, 2.45) is 0 Å². The van der Waals surface area contributed by atoms with E-state index in [0.717, 1.165) is 12.0 Å². The van der Waals surface area contributed by atoms with E-state index in [9.17, 15) is 0 Å². The van der Waals surface area contributed by atoms with E-state index in [1.54, 1.807) is 37.1 Å². The highest BCUT2D eigenvalue weighted by Gasteiger charge is 2.20. The number of hydrogen-bond acceptors (Lipinski definition) is 7. The molecule has 0 atom stereocenters. The summed E-state index contributed by atoms with van der Waals surface area (Å²) in [6.45, 7) is 0.643. The summed E-state index contributed by atoms with van der Waals surface area (Å²) in [4.78, 5) is 9.50. The van der Waals surface area contributed by atoms with Gasteiger partial charge in [0.05, 0.1) is 41.0 Å². The molecule has 0 spiro atoms. The maximum Gasteiger partial charge on any atom is 0.225 e. The zero-order chi connectivity index (χ0) is 25.9. The van der Waals surface area contributed by atoms with Gasteiger partial charge in [0, 0.05) is 12.1 Å². The maximum absolute atomic E-state index is 6.62. The Balaban J connectivity index is 1.62. The van der Waals surface area contributed by atoms with Crippen LogP contribution in [0.1, 0.15) is 5.56 Å². The van der Waals surface area contributed by atoms with Crippen LogP contribution in [-0.2, 0) is 6.42 Å². The van der Waals surface area contributed by atoms with Gasteiger partial charge in [0.2, 0.25) is 5.95 Å². The minimum Gasteiger partial charge on any atom is -0.493 e. The van der Waals surface area contributed by atoms with Gasteiger partial charge in [-0.05, 0) is 48.4 Å². The van der Waals surface area contributed by atoms with E-state index in [2.05, 4.69) is 27.5 Å². The molecule has 0 saturated heterocycles. The third kappa shape index (κ3) is 4.98. The summed E-state index contributed by atoms with van der Waals surface area (Å²) in [5.74, 6) is 1.99. The van der Waals surface area contributed by atoms with Crippen molar-refractivity contribution in [3.8, 4) is 28.4 Å². The molecule has 10 heteroatoms. The molecule has 0 aliphatic carbocycles. The first-order valence-electron chi connectivity index (χ1n) is 11.5. The number of halogens is 2. The molecule has 0 fully saturated rings. The number of nitrogens with zero attached hydrogens (tertiary/aromatic N) is 4. The van der Waals surface area contributed by atoms with Crippen molar-refractivity contribution < 1.29 is 9.47 Å². The second kappa shape index (κ2) is 10.5. The molecule has 0 radical (unpaired) electrons. The Morgan fingerprint density at radius 2 is 1.68 bits per heavy atom. The van der Waals surface area contributed by atoms with E-state index in [-0.39, 0.29) is 0 Å². The van der Waals surface area contributed by atoms with Gasteiger partial charge in [-0.15, -0.1) is 5.10 Å². The van der Waals surface area contributed by atoms with Crippen LogP contribution >= 0.6 is 23.2 Å². The molecule has 2 aromatic heterocycles. The molecule has 5 rings (SSSR count). The molecule has 5 aromatic rings. The van der Waals surface area contributed by atoms with Crippen molar-refractivity contribution in [1.29, 1.82) is 0 Å². The lowest BCUT2D eigenvalue weighted by atomic mass is 10.1. The Kier molecular flexibility index (Phi) is 7.03. The van der Waals surface area contributed by atoms with Gasteiger partial charge in [0.25, 0.3) is 0 Å². The third-order valence-corrected chi connectivity index (χ3v) is 6.65. The lowest BCUT2D eigenvalue weighted by Crippen LogP contribution is -2.09. The number of aromatic nitrogens is 4. The first kappa shape index (κ1) is 24.7. The molecule has 0 aliphatic heterocycles. The summed E-state index contributed by atoms with van der Waals surface area (Å²) in [7, 11) is 3.18. The average Bonchev–Trinajstić information content (AvgIpc) is 3.26. The predicted octanol–water partition coefficient (Wildman–Crippen LogP) is 6.04. The first-order valence-corrected chi connectivity index (χ1v) is 12.3. The minimum absolute atomic E-state index is 0.369. The Morgan fingerprint density at radius 1 is 0.892 bits per heavy atom. The second-order valence-corrected chi connectivity index (χ2v) is 9.04. The van der Waals surface area contributed by atoms with Crippen LogP contribution in [0.2, 0.25) is 10.0 Å². The summed E-state index contributed by atoms with van der Waals surface area (Å²) in [6.07, 6.45) is 0.813. The van der Waals surface area contributed by atoms with Crippen LogP contribution in [0.15, 0.2) is 66.7 Å². The van der Waals surface area contributed by atoms with Crippen LogP contribution in [0.25, 0.3) is 28.0 Å². The average molecular weight is 535 g/mol. The molecule has 0 unspecified atom stereocenters. The summed E-state index contributed by atoms with van der Waals surface area (Å²) >= 11 is 12.4. The minimum atomic E-state index is 0.369. The SMILES string of the molecule is COc1ccc(-c2nc(NCCc3ccccc3)nc3nn(-c4ccc(Cl)c(Cl)c4)c(N)c23)cc1OC. The van der Waals surface area contributed by atoms with Crippen LogP contribution in [-0.4, -0.2) is 40.5 Å². The van der Waals surface area contributed by atoms with Gasteiger partial charge in [0.1, 0.15) is 5.82 Å². The van der Waals surface area contributed by atoms with Gasteiger partial charge in [0.15, 0.2) is 17.1 Å². The van der Waals surface area contributed by atoms with Gasteiger partial charge >= 0.3 is 0 Å². The Hall–Kier alpha value is -4.01. The molecule has 0 saturated carbocycles. The van der Waals surface area contributed by atoms with E-state index in [1.165, 1.54) is 5.56 Å². The number of benzene rings is 3. The van der Waals surface area contributed by atoms with E-state index in [1.807, 2.05) is 36.4 Å². The van der Waals surface area contributed by atoms with Crippen LogP contribution in [0.3, 0.4) is 0 Å². The number of fused-ring (bicyclic) bond motifs is 1. The molecule has 0 bridgehead atoms. The van der Waals surface area contributed by atoms with Crippen molar-refractivity contribution in [3.05, 3.63) is 82.3 Å². The van der Waals surface area contributed by atoms with Gasteiger partial charge in [-0.2, -0.15) is 4.98 Å². The highest BCUT2D eigenvalue weighted by Crippen LogP contribution is 2.37. The molecule has 0 amide bonds. The summed E-state index contributed by atoms with van der Waals surface area (Å²) in [6, 6.07) is 21.0. The van der Waals surface area contributed by atoms with Gasteiger partial charge < -0.3 is 20.5 Å². The van der Waals surface area contributed by atoms with Crippen LogP contribution in [0.4, 0.5) is 11.8 Å². The number of nitrogens with two attached hydrogens (primary N) is 1.